The van der Waals surface area contributed by atoms with Crippen molar-refractivity contribution in [2.24, 2.45) is 5.73 Å². The van der Waals surface area contributed by atoms with E-state index in [4.69, 9.17) is 0 Å². The van der Waals surface area contributed by atoms with Crippen molar-refractivity contribution in [1.82, 2.24) is 9.79 Å². The molecule has 5 nitrogen and oxygen atoms in total. The highest BCUT2D eigenvalue weighted by Crippen LogP contribution is 2.30. The average Bonchev–Trinajstić information content (AvgIpc) is 3.12. The molecule has 2 aliphatic rings. The highest BCUT2D eigenvalue weighted by molar-refractivity contribution is 7.92. The van der Waals surface area contributed by atoms with Gasteiger partial charge in [-0.3, -0.25) is 0 Å². The molecule has 0 saturated heterocycles. The van der Waals surface area contributed by atoms with Crippen LogP contribution in [0.15, 0.2) is 24.9 Å². The Labute approximate surface area is 149 Å². The van der Waals surface area contributed by atoms with Crippen LogP contribution in [0.4, 0.5) is 4.79 Å². The van der Waals surface area contributed by atoms with E-state index in [1.165, 1.54) is 44.7 Å². The van der Waals surface area contributed by atoms with Gasteiger partial charge in [0.15, 0.2) is 0 Å². The zero-order valence-electron chi connectivity index (χ0n) is 13.4. The van der Waals surface area contributed by atoms with Crippen molar-refractivity contribution in [3.05, 3.63) is 47.2 Å². The van der Waals surface area contributed by atoms with Gasteiger partial charge >= 0.3 is 6.03 Å². The van der Waals surface area contributed by atoms with E-state index in [1.54, 1.807) is 33.6 Å². The molecule has 0 spiro atoms. The van der Waals surface area contributed by atoms with Crippen molar-refractivity contribution in [3.63, 3.8) is 0 Å². The smallest absolute Gasteiger partial charge is 0.337 e. The number of nitrogens with zero attached hydrogens (tertiary/aromatic N) is 1. The van der Waals surface area contributed by atoms with Crippen molar-refractivity contribution in [3.8, 4) is 0 Å². The number of benzene rings is 1. The number of rotatable bonds is 4. The molecular weight excluding hydrogens is 330 g/mol. The summed E-state index contributed by atoms with van der Waals surface area (Å²) >= 11 is 0.908. The molecule has 23 heavy (non-hydrogen) atoms. The number of carbonyl (C=O) groups is 1. The minimum Gasteiger partial charge on any atom is -0.350 e. The van der Waals surface area contributed by atoms with Crippen LogP contribution in [0, 0.1) is 0 Å². The van der Waals surface area contributed by atoms with Gasteiger partial charge < -0.3 is 10.0 Å². The van der Waals surface area contributed by atoms with Gasteiger partial charge in [0.1, 0.15) is 12.2 Å². The number of primary amides is 1. The number of hydrogen-bond acceptors (Lipinski definition) is 4. The van der Waals surface area contributed by atoms with Crippen LogP contribution < -0.4 is 11.2 Å². The van der Waals surface area contributed by atoms with Crippen molar-refractivity contribution < 1.29 is 9.08 Å². The molecule has 0 aliphatic heterocycles. The number of amides is 2. The Kier molecular flexibility index (Phi) is 8.36. The fourth-order valence-corrected chi connectivity index (χ4v) is 3.11. The first kappa shape index (κ1) is 19.7. The Bertz CT molecular complexity index is 492. The first-order valence-corrected chi connectivity index (χ1v) is 8.18. The zero-order chi connectivity index (χ0) is 15.9. The van der Waals surface area contributed by atoms with E-state index in [1.807, 2.05) is 5.48 Å². The number of aryl methyl sites for hydroxylation is 4. The van der Waals surface area contributed by atoms with Crippen molar-refractivity contribution >= 4 is 31.8 Å². The summed E-state index contributed by atoms with van der Waals surface area (Å²) < 4.78 is 6.05. The molecule has 1 aromatic rings. The quantitative estimate of drug-likeness (QED) is 0.495. The van der Waals surface area contributed by atoms with Gasteiger partial charge in [-0.05, 0) is 60.8 Å². The molecule has 3 rings (SSSR count). The molecule has 2 amide bonds. The average molecular weight is 356 g/mol. The molecule has 128 valence electrons. The summed E-state index contributed by atoms with van der Waals surface area (Å²) in [5, 5.41) is 0. The predicted molar refractivity (Wildman–Crippen MR) is 100 cm³/mol. The highest BCUT2D eigenvalue weighted by Gasteiger charge is 2.17. The van der Waals surface area contributed by atoms with Gasteiger partial charge in [-0.1, -0.05) is 18.7 Å². The summed E-state index contributed by atoms with van der Waals surface area (Å²) in [6.07, 6.45) is 9.64. The number of hydroxylamine groups is 1. The molecular formula is C16H25N3O2S2. The Morgan fingerprint density at radius 1 is 1.22 bits per heavy atom. The largest absolute Gasteiger partial charge is 0.350 e. The predicted octanol–water partition coefficient (Wildman–Crippen LogP) is 3.00. The Morgan fingerprint density at radius 2 is 1.65 bits per heavy atom. The van der Waals surface area contributed by atoms with E-state index in [9.17, 15) is 4.79 Å². The van der Waals surface area contributed by atoms with Crippen LogP contribution >= 0.6 is 25.7 Å². The molecule has 0 bridgehead atoms. The van der Waals surface area contributed by atoms with Crippen LogP contribution in [0.3, 0.4) is 0 Å². The van der Waals surface area contributed by atoms with E-state index >= 15 is 0 Å². The molecule has 0 atom stereocenters. The Balaban J connectivity index is 0.000000226. The first-order valence-electron chi connectivity index (χ1n) is 7.48. The van der Waals surface area contributed by atoms with Crippen LogP contribution in [0.2, 0.25) is 0 Å². The Hall–Kier alpha value is -1.31. The third-order valence-electron chi connectivity index (χ3n) is 3.86. The van der Waals surface area contributed by atoms with E-state index < -0.39 is 6.03 Å². The number of fused-ring (bicyclic) bond motifs is 2. The SMILES string of the molecule is C=CN(C)SONC(N)=O.S.c1c2c(cc3c1CCC3)CCC2. The second-order valence-electron chi connectivity index (χ2n) is 5.45. The normalized spacial score (nSPS) is 13.8. The summed E-state index contributed by atoms with van der Waals surface area (Å²) in [5.41, 5.74) is 13.2. The molecule has 0 saturated carbocycles. The minimum absolute atomic E-state index is 0. The van der Waals surface area contributed by atoms with Gasteiger partial charge in [0.05, 0.1) is 0 Å². The second-order valence-corrected chi connectivity index (χ2v) is 6.34. The van der Waals surface area contributed by atoms with Gasteiger partial charge in [-0.2, -0.15) is 17.8 Å². The van der Waals surface area contributed by atoms with E-state index in [-0.39, 0.29) is 13.5 Å². The van der Waals surface area contributed by atoms with Crippen molar-refractivity contribution in [2.75, 3.05) is 7.05 Å². The van der Waals surface area contributed by atoms with Crippen molar-refractivity contribution in [2.45, 2.75) is 38.5 Å². The van der Waals surface area contributed by atoms with Gasteiger partial charge in [0.25, 0.3) is 0 Å². The lowest BCUT2D eigenvalue weighted by Gasteiger charge is -2.08. The van der Waals surface area contributed by atoms with Crippen LogP contribution in [-0.4, -0.2) is 17.4 Å². The number of nitrogens with one attached hydrogen (secondary N) is 1. The monoisotopic (exact) mass is 355 g/mol. The maximum absolute atomic E-state index is 10.00. The molecule has 0 heterocycles. The Morgan fingerprint density at radius 3 is 2.00 bits per heavy atom. The summed E-state index contributed by atoms with van der Waals surface area (Å²) in [6.45, 7) is 3.44. The molecule has 0 aromatic heterocycles. The molecule has 0 fully saturated rings. The fraction of sp³-hybridized carbons (Fsp3) is 0.438. The zero-order valence-corrected chi connectivity index (χ0v) is 15.2. The van der Waals surface area contributed by atoms with Gasteiger partial charge in [0.2, 0.25) is 0 Å². The van der Waals surface area contributed by atoms with Gasteiger partial charge in [-0.15, -0.1) is 0 Å². The molecule has 0 radical (unpaired) electrons. The van der Waals surface area contributed by atoms with Crippen LogP contribution in [0.25, 0.3) is 0 Å². The topological polar surface area (TPSA) is 67.6 Å². The molecule has 2 aliphatic carbocycles. The highest BCUT2D eigenvalue weighted by atomic mass is 32.2. The molecule has 3 N–H and O–H groups in total. The van der Waals surface area contributed by atoms with E-state index in [2.05, 4.69) is 28.7 Å². The van der Waals surface area contributed by atoms with Gasteiger partial charge in [-0.25, -0.2) is 10.3 Å². The second kappa shape index (κ2) is 9.75. The summed E-state index contributed by atoms with van der Waals surface area (Å²) in [4.78, 5) is 10.00. The van der Waals surface area contributed by atoms with E-state index in [0.29, 0.717) is 0 Å². The van der Waals surface area contributed by atoms with Crippen molar-refractivity contribution in [1.29, 1.82) is 0 Å². The number of carbonyl (C=O) groups excluding carboxylic acids is 1. The van der Waals surface area contributed by atoms with Crippen LogP contribution in [0.1, 0.15) is 35.1 Å². The standard InChI is InChI=1S/C12H14.C4H9N3O2S.H2S/c1-3-9-7-11-5-2-6-12(11)8-10(9)4-1;1-3-7(2)10-9-6-4(5)8;/h7-8H,1-6H2;3H,1H2,2H3,(H3,5,6,8);1H2. The minimum atomic E-state index is -0.732. The summed E-state index contributed by atoms with van der Waals surface area (Å²) in [5.74, 6) is 0. The maximum atomic E-state index is 10.00. The number of hydrogen-bond donors (Lipinski definition) is 2. The molecule has 1 aromatic carbocycles. The third kappa shape index (κ3) is 6.01. The lowest BCUT2D eigenvalue weighted by molar-refractivity contribution is 0.200. The fourth-order valence-electron chi connectivity index (χ4n) is 2.81. The first-order chi connectivity index (χ1) is 10.6. The van der Waals surface area contributed by atoms with Gasteiger partial charge in [0, 0.05) is 13.2 Å². The number of nitrogens with two attached hydrogens (primary N) is 1. The van der Waals surface area contributed by atoms with E-state index in [0.717, 1.165) is 12.2 Å². The lowest BCUT2D eigenvalue weighted by atomic mass is 10.0. The molecule has 0 unspecified atom stereocenters. The maximum Gasteiger partial charge on any atom is 0.337 e. The third-order valence-corrected chi connectivity index (χ3v) is 4.40. The number of urea groups is 1. The van der Waals surface area contributed by atoms with Crippen LogP contribution in [-0.2, 0) is 30.0 Å². The summed E-state index contributed by atoms with van der Waals surface area (Å²) in [6, 6.07) is 4.22. The lowest BCUT2D eigenvalue weighted by Crippen LogP contribution is -2.28. The summed E-state index contributed by atoms with van der Waals surface area (Å²) in [7, 11) is 1.71. The molecule has 7 heteroatoms. The van der Waals surface area contributed by atoms with Crippen LogP contribution in [0.5, 0.6) is 0 Å².